The van der Waals surface area contributed by atoms with Crippen LogP contribution in [0.2, 0.25) is 0 Å². The predicted octanol–water partition coefficient (Wildman–Crippen LogP) is 0.531. The first-order valence-corrected chi connectivity index (χ1v) is 7.96. The third-order valence-corrected chi connectivity index (χ3v) is 4.35. The van der Waals surface area contributed by atoms with Crippen LogP contribution in [0.15, 0.2) is 23.2 Å². The van der Waals surface area contributed by atoms with Crippen LogP contribution in [0, 0.1) is 5.92 Å². The molecule has 1 aliphatic rings. The van der Waals surface area contributed by atoms with Crippen molar-refractivity contribution in [2.45, 2.75) is 11.3 Å². The summed E-state index contributed by atoms with van der Waals surface area (Å²) in [6, 6.07) is 3.30. The summed E-state index contributed by atoms with van der Waals surface area (Å²) < 4.78 is 23.5. The lowest BCUT2D eigenvalue weighted by Gasteiger charge is -2.19. The Hall–Kier alpha value is -1.14. The van der Waals surface area contributed by atoms with E-state index in [0.717, 1.165) is 26.1 Å². The zero-order chi connectivity index (χ0) is 13.2. The van der Waals surface area contributed by atoms with Crippen molar-refractivity contribution < 1.29 is 8.42 Å². The Morgan fingerprint density at radius 3 is 3.00 bits per heavy atom. The fraction of sp³-hybridized carbons (Fsp3) is 0.583. The molecule has 18 heavy (non-hydrogen) atoms. The third kappa shape index (κ3) is 2.81. The van der Waals surface area contributed by atoms with Crippen LogP contribution in [0.5, 0.6) is 0 Å². The average molecular weight is 269 g/mol. The molecule has 0 bridgehead atoms. The summed E-state index contributed by atoms with van der Waals surface area (Å²) in [5, 5.41) is 3.16. The van der Waals surface area contributed by atoms with Gasteiger partial charge in [0.1, 0.15) is 10.7 Å². The molecule has 0 aromatic carbocycles. The first kappa shape index (κ1) is 13.3. The summed E-state index contributed by atoms with van der Waals surface area (Å²) in [5.74, 6) is 1.16. The summed E-state index contributed by atoms with van der Waals surface area (Å²) in [7, 11) is -1.28. The second-order valence-corrected chi connectivity index (χ2v) is 6.74. The highest BCUT2D eigenvalue weighted by Crippen LogP contribution is 2.27. The quantitative estimate of drug-likeness (QED) is 0.864. The van der Waals surface area contributed by atoms with Gasteiger partial charge in [0.25, 0.3) is 0 Å². The molecule has 1 atom stereocenters. The lowest BCUT2D eigenvalue weighted by molar-refractivity contribution is 0.548. The molecule has 1 N–H and O–H groups in total. The number of rotatable bonds is 4. The maximum atomic E-state index is 11.7. The van der Waals surface area contributed by atoms with Crippen molar-refractivity contribution in [2.75, 3.05) is 37.8 Å². The van der Waals surface area contributed by atoms with Crippen LogP contribution in [0.1, 0.15) is 6.42 Å². The van der Waals surface area contributed by atoms with Gasteiger partial charge in [-0.15, -0.1) is 0 Å². The van der Waals surface area contributed by atoms with Crippen molar-refractivity contribution in [3.05, 3.63) is 18.3 Å². The van der Waals surface area contributed by atoms with Gasteiger partial charge < -0.3 is 10.2 Å². The van der Waals surface area contributed by atoms with E-state index in [2.05, 4.69) is 15.2 Å². The van der Waals surface area contributed by atoms with Crippen LogP contribution in [0.3, 0.4) is 0 Å². The zero-order valence-electron chi connectivity index (χ0n) is 10.8. The molecule has 0 aliphatic carbocycles. The van der Waals surface area contributed by atoms with Crippen LogP contribution in [0.4, 0.5) is 5.82 Å². The Morgan fingerprint density at radius 2 is 2.33 bits per heavy atom. The van der Waals surface area contributed by atoms with Crippen molar-refractivity contribution >= 4 is 15.7 Å². The maximum Gasteiger partial charge on any atom is 0.179 e. The molecule has 1 aromatic heterocycles. The molecule has 0 amide bonds. The van der Waals surface area contributed by atoms with Crippen LogP contribution in [-0.2, 0) is 9.84 Å². The number of anilines is 1. The molecule has 2 heterocycles. The molecule has 1 aromatic rings. The highest BCUT2D eigenvalue weighted by atomic mass is 32.2. The van der Waals surface area contributed by atoms with Gasteiger partial charge in [0.15, 0.2) is 9.84 Å². The molecule has 5 nitrogen and oxygen atoms in total. The fourth-order valence-corrected chi connectivity index (χ4v) is 3.23. The van der Waals surface area contributed by atoms with E-state index in [9.17, 15) is 8.42 Å². The number of hydrogen-bond acceptors (Lipinski definition) is 5. The van der Waals surface area contributed by atoms with Gasteiger partial charge in [-0.1, -0.05) is 0 Å². The molecule has 6 heteroatoms. The van der Waals surface area contributed by atoms with Crippen LogP contribution in [0.25, 0.3) is 0 Å². The normalized spacial score (nSPS) is 20.3. The molecule has 2 rings (SSSR count). The van der Waals surface area contributed by atoms with Gasteiger partial charge in [-0.2, -0.15) is 0 Å². The first-order chi connectivity index (χ1) is 8.52. The molecular formula is C12H19N3O2S. The lowest BCUT2D eigenvalue weighted by atomic mass is 10.1. The number of sulfone groups is 1. The Balaban J connectivity index is 2.25. The summed E-state index contributed by atoms with van der Waals surface area (Å²) in [6.07, 6.45) is 3.95. The maximum absolute atomic E-state index is 11.7. The number of nitrogens with zero attached hydrogens (tertiary/aromatic N) is 2. The van der Waals surface area contributed by atoms with Gasteiger partial charge in [-0.3, -0.25) is 0 Å². The van der Waals surface area contributed by atoms with Crippen molar-refractivity contribution in [2.24, 2.45) is 5.92 Å². The number of hydrogen-bond donors (Lipinski definition) is 1. The average Bonchev–Trinajstić information content (AvgIpc) is 2.77. The van der Waals surface area contributed by atoms with Gasteiger partial charge in [0, 0.05) is 25.5 Å². The summed E-state index contributed by atoms with van der Waals surface area (Å²) in [4.78, 5) is 6.64. The SMILES string of the molecule is CNCC1CCN(c2ncccc2S(C)(=O)=O)C1. The number of pyridine rings is 1. The van der Waals surface area contributed by atoms with Crippen molar-refractivity contribution in [1.82, 2.24) is 10.3 Å². The van der Waals surface area contributed by atoms with Gasteiger partial charge in [-0.25, -0.2) is 13.4 Å². The molecule has 1 saturated heterocycles. The third-order valence-electron chi connectivity index (χ3n) is 3.23. The van der Waals surface area contributed by atoms with E-state index in [4.69, 9.17) is 0 Å². The highest BCUT2D eigenvalue weighted by molar-refractivity contribution is 7.90. The van der Waals surface area contributed by atoms with E-state index in [1.807, 2.05) is 7.05 Å². The molecule has 0 radical (unpaired) electrons. The van der Waals surface area contributed by atoms with E-state index in [-0.39, 0.29) is 0 Å². The van der Waals surface area contributed by atoms with Crippen molar-refractivity contribution in [3.8, 4) is 0 Å². The molecule has 100 valence electrons. The second kappa shape index (κ2) is 5.24. The predicted molar refractivity (Wildman–Crippen MR) is 71.6 cm³/mol. The second-order valence-electron chi connectivity index (χ2n) is 4.76. The standard InChI is InChI=1S/C12H19N3O2S/c1-13-8-10-5-7-15(9-10)12-11(18(2,16)17)4-3-6-14-12/h3-4,6,10,13H,5,7-9H2,1-2H3. The molecule has 1 aliphatic heterocycles. The Labute approximate surface area is 108 Å². The van der Waals surface area contributed by atoms with E-state index in [0.29, 0.717) is 16.6 Å². The first-order valence-electron chi connectivity index (χ1n) is 6.07. The van der Waals surface area contributed by atoms with E-state index >= 15 is 0 Å². The van der Waals surface area contributed by atoms with Crippen molar-refractivity contribution in [3.63, 3.8) is 0 Å². The monoisotopic (exact) mass is 269 g/mol. The van der Waals surface area contributed by atoms with Crippen LogP contribution < -0.4 is 10.2 Å². The zero-order valence-corrected chi connectivity index (χ0v) is 11.6. The highest BCUT2D eigenvalue weighted by Gasteiger charge is 2.26. The van der Waals surface area contributed by atoms with Gasteiger partial charge in [0.2, 0.25) is 0 Å². The minimum Gasteiger partial charge on any atom is -0.355 e. The smallest absolute Gasteiger partial charge is 0.179 e. The van der Waals surface area contributed by atoms with E-state index in [1.165, 1.54) is 6.26 Å². The van der Waals surface area contributed by atoms with Gasteiger partial charge >= 0.3 is 0 Å². The molecule has 1 fully saturated rings. The number of nitrogens with one attached hydrogen (secondary N) is 1. The number of aromatic nitrogens is 1. The van der Waals surface area contributed by atoms with Gasteiger partial charge in [0.05, 0.1) is 0 Å². The van der Waals surface area contributed by atoms with Crippen molar-refractivity contribution in [1.29, 1.82) is 0 Å². The summed E-state index contributed by atoms with van der Waals surface area (Å²) in [5.41, 5.74) is 0. The van der Waals surface area contributed by atoms with Crippen LogP contribution in [-0.4, -0.2) is 46.3 Å². The molecular weight excluding hydrogens is 250 g/mol. The Morgan fingerprint density at radius 1 is 1.56 bits per heavy atom. The van der Waals surface area contributed by atoms with Gasteiger partial charge in [-0.05, 0) is 38.1 Å². The minimum absolute atomic E-state index is 0.329. The molecule has 1 unspecified atom stereocenters. The fourth-order valence-electron chi connectivity index (χ4n) is 2.39. The Kier molecular flexibility index (Phi) is 3.87. The van der Waals surface area contributed by atoms with Crippen LogP contribution >= 0.6 is 0 Å². The summed E-state index contributed by atoms with van der Waals surface area (Å²) >= 11 is 0. The topological polar surface area (TPSA) is 62.3 Å². The molecule has 0 saturated carbocycles. The van der Waals surface area contributed by atoms with E-state index < -0.39 is 9.84 Å². The minimum atomic E-state index is -3.22. The van der Waals surface area contributed by atoms with E-state index in [1.54, 1.807) is 18.3 Å². The lowest BCUT2D eigenvalue weighted by Crippen LogP contribution is -2.26. The Bertz CT molecular complexity index is 516. The summed E-state index contributed by atoms with van der Waals surface area (Å²) in [6.45, 7) is 2.68. The largest absolute Gasteiger partial charge is 0.355 e. The molecule has 0 spiro atoms.